The van der Waals surface area contributed by atoms with Gasteiger partial charge in [0.15, 0.2) is 0 Å². The van der Waals surface area contributed by atoms with Gasteiger partial charge in [0.1, 0.15) is 11.5 Å². The Kier molecular flexibility index (Phi) is 3.63. The van der Waals surface area contributed by atoms with Gasteiger partial charge in [-0.25, -0.2) is 9.78 Å². The first kappa shape index (κ1) is 12.3. The van der Waals surface area contributed by atoms with E-state index in [2.05, 4.69) is 20.9 Å². The van der Waals surface area contributed by atoms with Crippen molar-refractivity contribution in [2.45, 2.75) is 13.5 Å². The highest BCUT2D eigenvalue weighted by Gasteiger charge is 2.16. The molecular formula is C11H11BrN2O2S. The molecule has 0 unspecified atom stereocenters. The maximum atomic E-state index is 11.6. The summed E-state index contributed by atoms with van der Waals surface area (Å²) in [5.41, 5.74) is 0.477. The standard InChI is InChI=1S/C11H11BrN2O2S/c1-7-13-5-9(11(15)16-2)14(7)6-10-8(12)3-4-17-10/h3-5H,6H2,1-2H3. The first-order valence-corrected chi connectivity index (χ1v) is 6.63. The molecule has 90 valence electrons. The van der Waals surface area contributed by atoms with Crippen molar-refractivity contribution in [3.63, 3.8) is 0 Å². The smallest absolute Gasteiger partial charge is 0.356 e. The Morgan fingerprint density at radius 2 is 2.41 bits per heavy atom. The molecule has 0 radical (unpaired) electrons. The van der Waals surface area contributed by atoms with Crippen LogP contribution in [0.3, 0.4) is 0 Å². The summed E-state index contributed by atoms with van der Waals surface area (Å²) in [4.78, 5) is 16.9. The second kappa shape index (κ2) is 5.01. The number of imidazole rings is 1. The van der Waals surface area contributed by atoms with Crippen LogP contribution in [0.25, 0.3) is 0 Å². The topological polar surface area (TPSA) is 44.1 Å². The lowest BCUT2D eigenvalue weighted by Gasteiger charge is -2.08. The van der Waals surface area contributed by atoms with Gasteiger partial charge in [-0.05, 0) is 34.3 Å². The third kappa shape index (κ3) is 2.42. The molecular weight excluding hydrogens is 304 g/mol. The van der Waals surface area contributed by atoms with E-state index in [1.807, 2.05) is 22.9 Å². The summed E-state index contributed by atoms with van der Waals surface area (Å²) >= 11 is 5.11. The van der Waals surface area contributed by atoms with Gasteiger partial charge in [-0.1, -0.05) is 0 Å². The minimum absolute atomic E-state index is 0.363. The molecule has 0 aliphatic rings. The molecule has 0 amide bonds. The van der Waals surface area contributed by atoms with E-state index in [1.165, 1.54) is 7.11 Å². The van der Waals surface area contributed by atoms with Crippen molar-refractivity contribution >= 4 is 33.2 Å². The van der Waals surface area contributed by atoms with Crippen LogP contribution in [0.5, 0.6) is 0 Å². The Balaban J connectivity index is 2.35. The summed E-state index contributed by atoms with van der Waals surface area (Å²) in [6.45, 7) is 2.49. The molecule has 2 aromatic rings. The molecule has 0 aromatic carbocycles. The number of hydrogen-bond donors (Lipinski definition) is 0. The molecule has 2 heterocycles. The van der Waals surface area contributed by atoms with Gasteiger partial charge < -0.3 is 9.30 Å². The summed E-state index contributed by atoms with van der Waals surface area (Å²) in [6.07, 6.45) is 1.54. The van der Waals surface area contributed by atoms with Gasteiger partial charge in [0.05, 0.1) is 19.9 Å². The minimum Gasteiger partial charge on any atom is -0.464 e. The average Bonchev–Trinajstić information content (AvgIpc) is 2.87. The molecule has 4 nitrogen and oxygen atoms in total. The van der Waals surface area contributed by atoms with Crippen LogP contribution in [0, 0.1) is 6.92 Å². The lowest BCUT2D eigenvalue weighted by Crippen LogP contribution is -2.12. The van der Waals surface area contributed by atoms with Crippen molar-refractivity contribution in [1.82, 2.24) is 9.55 Å². The monoisotopic (exact) mass is 314 g/mol. The van der Waals surface area contributed by atoms with Crippen molar-refractivity contribution in [3.05, 3.63) is 38.5 Å². The molecule has 0 atom stereocenters. The molecule has 0 saturated carbocycles. The maximum absolute atomic E-state index is 11.6. The van der Waals surface area contributed by atoms with E-state index < -0.39 is 0 Å². The van der Waals surface area contributed by atoms with Crippen molar-refractivity contribution in [3.8, 4) is 0 Å². The van der Waals surface area contributed by atoms with E-state index in [0.717, 1.165) is 15.2 Å². The SMILES string of the molecule is COC(=O)c1cnc(C)n1Cc1sccc1Br. The largest absolute Gasteiger partial charge is 0.464 e. The summed E-state index contributed by atoms with van der Waals surface area (Å²) in [7, 11) is 1.37. The number of hydrogen-bond acceptors (Lipinski definition) is 4. The van der Waals surface area contributed by atoms with Gasteiger partial charge >= 0.3 is 5.97 Å². The molecule has 0 fully saturated rings. The van der Waals surface area contributed by atoms with Crippen LogP contribution in [0.2, 0.25) is 0 Å². The molecule has 0 saturated heterocycles. The van der Waals surface area contributed by atoms with Crippen LogP contribution < -0.4 is 0 Å². The number of methoxy groups -OCH3 is 1. The van der Waals surface area contributed by atoms with Crippen LogP contribution in [0.15, 0.2) is 22.1 Å². The van der Waals surface area contributed by atoms with E-state index in [9.17, 15) is 4.79 Å². The molecule has 17 heavy (non-hydrogen) atoms. The Bertz CT molecular complexity index is 547. The van der Waals surface area contributed by atoms with Gasteiger partial charge in [-0.15, -0.1) is 11.3 Å². The van der Waals surface area contributed by atoms with Gasteiger partial charge in [0.25, 0.3) is 0 Å². The summed E-state index contributed by atoms with van der Waals surface area (Å²) < 4.78 is 7.63. The Labute approximate surface area is 111 Å². The fraction of sp³-hybridized carbons (Fsp3) is 0.273. The number of esters is 1. The van der Waals surface area contributed by atoms with E-state index in [4.69, 9.17) is 4.74 Å². The van der Waals surface area contributed by atoms with Crippen molar-refractivity contribution < 1.29 is 9.53 Å². The zero-order valence-electron chi connectivity index (χ0n) is 9.44. The number of halogens is 1. The third-order valence-corrected chi connectivity index (χ3v) is 4.35. The summed E-state index contributed by atoms with van der Waals surface area (Å²) in [5.74, 6) is 0.434. The predicted octanol–water partition coefficient (Wildman–Crippen LogP) is 2.85. The number of carbonyl (C=O) groups excluding carboxylic acids is 1. The van der Waals surface area contributed by atoms with Gasteiger partial charge in [0.2, 0.25) is 0 Å². The second-order valence-electron chi connectivity index (χ2n) is 3.46. The Morgan fingerprint density at radius 3 is 3.00 bits per heavy atom. The maximum Gasteiger partial charge on any atom is 0.356 e. The number of rotatable bonds is 3. The van der Waals surface area contributed by atoms with E-state index >= 15 is 0 Å². The molecule has 0 bridgehead atoms. The highest BCUT2D eigenvalue weighted by Crippen LogP contribution is 2.24. The molecule has 2 aromatic heterocycles. The zero-order valence-corrected chi connectivity index (χ0v) is 11.8. The lowest BCUT2D eigenvalue weighted by molar-refractivity contribution is 0.0588. The minimum atomic E-state index is -0.363. The van der Waals surface area contributed by atoms with Crippen molar-refractivity contribution in [2.75, 3.05) is 7.11 Å². The first-order chi connectivity index (χ1) is 8.13. The number of ether oxygens (including phenoxy) is 1. The molecule has 2 rings (SSSR count). The van der Waals surface area contributed by atoms with Gasteiger partial charge in [-0.2, -0.15) is 0 Å². The Hall–Kier alpha value is -1.14. The van der Waals surface area contributed by atoms with Gasteiger partial charge in [-0.3, -0.25) is 0 Å². The number of aromatic nitrogens is 2. The summed E-state index contributed by atoms with van der Waals surface area (Å²) in [5, 5.41) is 2.00. The highest BCUT2D eigenvalue weighted by atomic mass is 79.9. The molecule has 0 aliphatic heterocycles. The van der Waals surface area contributed by atoms with E-state index in [-0.39, 0.29) is 5.97 Å². The van der Waals surface area contributed by atoms with Crippen LogP contribution in [0.1, 0.15) is 21.2 Å². The zero-order chi connectivity index (χ0) is 12.4. The lowest BCUT2D eigenvalue weighted by atomic mass is 10.4. The van der Waals surface area contributed by atoms with Crippen LogP contribution >= 0.6 is 27.3 Å². The number of nitrogens with zero attached hydrogens (tertiary/aromatic N) is 2. The highest BCUT2D eigenvalue weighted by molar-refractivity contribution is 9.10. The van der Waals surface area contributed by atoms with Crippen LogP contribution in [-0.4, -0.2) is 22.6 Å². The predicted molar refractivity (Wildman–Crippen MR) is 69.4 cm³/mol. The van der Waals surface area contributed by atoms with Crippen molar-refractivity contribution in [1.29, 1.82) is 0 Å². The fourth-order valence-corrected chi connectivity index (χ4v) is 2.98. The van der Waals surface area contributed by atoms with E-state index in [0.29, 0.717) is 12.2 Å². The fourth-order valence-electron chi connectivity index (χ4n) is 1.52. The second-order valence-corrected chi connectivity index (χ2v) is 5.32. The van der Waals surface area contributed by atoms with Crippen molar-refractivity contribution in [2.24, 2.45) is 0 Å². The first-order valence-electron chi connectivity index (χ1n) is 4.95. The number of aryl methyl sites for hydroxylation is 1. The Morgan fingerprint density at radius 1 is 1.65 bits per heavy atom. The molecule has 0 aliphatic carbocycles. The van der Waals surface area contributed by atoms with Gasteiger partial charge in [0, 0.05) is 9.35 Å². The third-order valence-electron chi connectivity index (χ3n) is 2.44. The van der Waals surface area contributed by atoms with Crippen LogP contribution in [-0.2, 0) is 11.3 Å². The number of thiophene rings is 1. The molecule has 0 N–H and O–H groups in total. The number of carbonyl (C=O) groups is 1. The van der Waals surface area contributed by atoms with E-state index in [1.54, 1.807) is 17.5 Å². The molecule has 0 spiro atoms. The van der Waals surface area contributed by atoms with Crippen LogP contribution in [0.4, 0.5) is 0 Å². The normalized spacial score (nSPS) is 10.5. The average molecular weight is 315 g/mol. The summed E-state index contributed by atoms with van der Waals surface area (Å²) in [6, 6.07) is 1.99. The quantitative estimate of drug-likeness (QED) is 0.818. The molecule has 6 heteroatoms.